The summed E-state index contributed by atoms with van der Waals surface area (Å²) in [6.07, 6.45) is 4.52. The first-order valence-electron chi connectivity index (χ1n) is 6.62. The number of fused-ring (bicyclic) bond motifs is 1. The highest BCUT2D eigenvalue weighted by Crippen LogP contribution is 2.30. The van der Waals surface area contributed by atoms with Gasteiger partial charge in [-0.2, -0.15) is 0 Å². The Morgan fingerprint density at radius 1 is 1.35 bits per heavy atom. The zero-order valence-corrected chi connectivity index (χ0v) is 12.0. The van der Waals surface area contributed by atoms with Crippen molar-refractivity contribution in [2.75, 3.05) is 11.4 Å². The van der Waals surface area contributed by atoms with E-state index < -0.39 is 0 Å². The number of amides is 1. The van der Waals surface area contributed by atoms with E-state index >= 15 is 0 Å². The number of anilines is 1. The van der Waals surface area contributed by atoms with Gasteiger partial charge in [-0.1, -0.05) is 22.9 Å². The van der Waals surface area contributed by atoms with Gasteiger partial charge in [-0.05, 0) is 37.0 Å². The molecule has 0 N–H and O–H groups in total. The van der Waals surface area contributed by atoms with Crippen molar-refractivity contribution in [2.45, 2.75) is 19.3 Å². The van der Waals surface area contributed by atoms with Crippen LogP contribution in [-0.2, 0) is 13.5 Å². The first kappa shape index (κ1) is 13.1. The summed E-state index contributed by atoms with van der Waals surface area (Å²) in [4.78, 5) is 14.5. The normalized spacial score (nSPS) is 14.8. The number of nitrogens with zero attached hydrogens (tertiary/aromatic N) is 4. The third-order valence-corrected chi connectivity index (χ3v) is 3.83. The fourth-order valence-corrected chi connectivity index (χ4v) is 2.70. The van der Waals surface area contributed by atoms with Gasteiger partial charge in [0.15, 0.2) is 0 Å². The maximum atomic E-state index is 12.7. The molecule has 1 aliphatic heterocycles. The number of benzene rings is 1. The Morgan fingerprint density at radius 2 is 2.20 bits per heavy atom. The molecule has 0 unspecified atom stereocenters. The lowest BCUT2D eigenvalue weighted by atomic mass is 10.1. The van der Waals surface area contributed by atoms with Gasteiger partial charge in [0, 0.05) is 24.3 Å². The predicted octanol–water partition coefficient (Wildman–Crippen LogP) is 2.45. The van der Waals surface area contributed by atoms with Crippen LogP contribution in [0.25, 0.3) is 0 Å². The van der Waals surface area contributed by atoms with Crippen molar-refractivity contribution in [3.63, 3.8) is 0 Å². The van der Waals surface area contributed by atoms with E-state index in [4.69, 9.17) is 11.6 Å². The van der Waals surface area contributed by atoms with Crippen LogP contribution < -0.4 is 4.90 Å². The fourth-order valence-electron chi connectivity index (χ4n) is 2.54. The number of rotatable bonds is 1. The third-order valence-electron chi connectivity index (χ3n) is 3.59. The van der Waals surface area contributed by atoms with Crippen LogP contribution in [0.2, 0.25) is 5.02 Å². The van der Waals surface area contributed by atoms with Gasteiger partial charge in [0.2, 0.25) is 0 Å². The number of aryl methyl sites for hydroxylation is 2. The molecule has 1 amide bonds. The minimum Gasteiger partial charge on any atom is -0.307 e. The molecule has 0 saturated carbocycles. The van der Waals surface area contributed by atoms with E-state index in [2.05, 4.69) is 10.3 Å². The zero-order valence-electron chi connectivity index (χ0n) is 11.2. The topological polar surface area (TPSA) is 51.0 Å². The van der Waals surface area contributed by atoms with Crippen LogP contribution in [-0.4, -0.2) is 27.4 Å². The fraction of sp³-hybridized carbons (Fsp3) is 0.357. The molecular formula is C14H15ClN4O. The van der Waals surface area contributed by atoms with Crippen LogP contribution in [0, 0.1) is 0 Å². The van der Waals surface area contributed by atoms with Gasteiger partial charge >= 0.3 is 0 Å². The second-order valence-corrected chi connectivity index (χ2v) is 5.37. The van der Waals surface area contributed by atoms with E-state index in [1.807, 2.05) is 18.2 Å². The second-order valence-electron chi connectivity index (χ2n) is 4.93. The molecular weight excluding hydrogens is 276 g/mol. The van der Waals surface area contributed by atoms with Crippen LogP contribution in [0.15, 0.2) is 24.4 Å². The largest absolute Gasteiger partial charge is 0.307 e. The first-order chi connectivity index (χ1) is 9.66. The Hall–Kier alpha value is -1.88. The number of hydrogen-bond acceptors (Lipinski definition) is 3. The molecule has 0 radical (unpaired) electrons. The van der Waals surface area contributed by atoms with Crippen LogP contribution >= 0.6 is 11.6 Å². The molecule has 1 aliphatic rings. The highest BCUT2D eigenvalue weighted by atomic mass is 35.5. The molecule has 1 aromatic carbocycles. The summed E-state index contributed by atoms with van der Waals surface area (Å²) < 4.78 is 1.50. The standard InChI is InChI=1S/C14H15ClN4O/c1-18-13(9-16-17-18)14(20)19-7-3-2-4-10-5-6-11(15)8-12(10)19/h5-6,8-9H,2-4,7H2,1H3. The summed E-state index contributed by atoms with van der Waals surface area (Å²) in [5.74, 6) is -0.0806. The minimum absolute atomic E-state index is 0.0806. The lowest BCUT2D eigenvalue weighted by Crippen LogP contribution is -2.33. The van der Waals surface area contributed by atoms with Crippen LogP contribution in [0.1, 0.15) is 28.9 Å². The Labute approximate surface area is 122 Å². The lowest BCUT2D eigenvalue weighted by Gasteiger charge is -2.22. The highest BCUT2D eigenvalue weighted by molar-refractivity contribution is 6.31. The van der Waals surface area contributed by atoms with E-state index in [-0.39, 0.29) is 5.91 Å². The van der Waals surface area contributed by atoms with Gasteiger partial charge in [0.1, 0.15) is 5.69 Å². The molecule has 0 aliphatic carbocycles. The second kappa shape index (κ2) is 5.25. The molecule has 1 aromatic heterocycles. The molecule has 0 spiro atoms. The molecule has 0 fully saturated rings. The monoisotopic (exact) mass is 290 g/mol. The van der Waals surface area contributed by atoms with Crippen molar-refractivity contribution in [1.29, 1.82) is 0 Å². The Balaban J connectivity index is 2.04. The Bertz CT molecular complexity index is 652. The maximum absolute atomic E-state index is 12.7. The quantitative estimate of drug-likeness (QED) is 0.810. The van der Waals surface area contributed by atoms with Crippen molar-refractivity contribution >= 4 is 23.2 Å². The van der Waals surface area contributed by atoms with Gasteiger partial charge < -0.3 is 4.90 Å². The van der Waals surface area contributed by atoms with E-state index in [1.54, 1.807) is 11.9 Å². The number of aromatic nitrogens is 3. The van der Waals surface area contributed by atoms with E-state index in [9.17, 15) is 4.79 Å². The van der Waals surface area contributed by atoms with Gasteiger partial charge in [-0.3, -0.25) is 4.79 Å². The number of hydrogen-bond donors (Lipinski definition) is 0. The summed E-state index contributed by atoms with van der Waals surface area (Å²) in [5, 5.41) is 8.24. The van der Waals surface area contributed by atoms with Crippen LogP contribution in [0.4, 0.5) is 5.69 Å². The molecule has 2 aromatic rings. The summed E-state index contributed by atoms with van der Waals surface area (Å²) in [7, 11) is 1.72. The van der Waals surface area contributed by atoms with Gasteiger partial charge in [-0.25, -0.2) is 4.68 Å². The molecule has 3 rings (SSSR count). The smallest absolute Gasteiger partial charge is 0.278 e. The third kappa shape index (κ3) is 2.29. The Morgan fingerprint density at radius 3 is 2.95 bits per heavy atom. The summed E-state index contributed by atoms with van der Waals surface area (Å²) in [6, 6.07) is 5.74. The van der Waals surface area contributed by atoms with Crippen molar-refractivity contribution in [2.24, 2.45) is 7.05 Å². The average molecular weight is 291 g/mol. The summed E-state index contributed by atoms with van der Waals surface area (Å²) >= 11 is 6.09. The molecule has 104 valence electrons. The maximum Gasteiger partial charge on any atom is 0.278 e. The first-order valence-corrected chi connectivity index (χ1v) is 6.99. The average Bonchev–Trinajstić information content (AvgIpc) is 2.75. The molecule has 20 heavy (non-hydrogen) atoms. The van der Waals surface area contributed by atoms with Crippen LogP contribution in [0.5, 0.6) is 0 Å². The van der Waals surface area contributed by atoms with Gasteiger partial charge in [0.05, 0.1) is 6.20 Å². The van der Waals surface area contributed by atoms with Crippen molar-refractivity contribution < 1.29 is 4.79 Å². The van der Waals surface area contributed by atoms with E-state index in [0.29, 0.717) is 17.3 Å². The summed E-state index contributed by atoms with van der Waals surface area (Å²) in [6.45, 7) is 0.692. The summed E-state index contributed by atoms with van der Waals surface area (Å²) in [5.41, 5.74) is 2.55. The van der Waals surface area contributed by atoms with Crippen LogP contribution in [0.3, 0.4) is 0 Å². The zero-order chi connectivity index (χ0) is 14.1. The molecule has 6 heteroatoms. The molecule has 5 nitrogen and oxygen atoms in total. The SMILES string of the molecule is Cn1nncc1C(=O)N1CCCCc2ccc(Cl)cc21. The van der Waals surface area contributed by atoms with Gasteiger partial charge in [0.25, 0.3) is 5.91 Å². The van der Waals surface area contributed by atoms with Crippen molar-refractivity contribution in [1.82, 2.24) is 15.0 Å². The minimum atomic E-state index is -0.0806. The number of halogens is 1. The molecule has 0 bridgehead atoms. The molecule has 0 atom stereocenters. The number of carbonyl (C=O) groups excluding carboxylic acids is 1. The van der Waals surface area contributed by atoms with Crippen molar-refractivity contribution in [3.8, 4) is 0 Å². The van der Waals surface area contributed by atoms with E-state index in [0.717, 1.165) is 30.5 Å². The number of carbonyl (C=O) groups is 1. The lowest BCUT2D eigenvalue weighted by molar-refractivity contribution is 0.0978. The highest BCUT2D eigenvalue weighted by Gasteiger charge is 2.24. The Kier molecular flexibility index (Phi) is 3.44. The van der Waals surface area contributed by atoms with Crippen molar-refractivity contribution in [3.05, 3.63) is 40.7 Å². The van der Waals surface area contributed by atoms with E-state index in [1.165, 1.54) is 10.9 Å². The molecule has 0 saturated heterocycles. The predicted molar refractivity (Wildman–Crippen MR) is 77.1 cm³/mol. The van der Waals surface area contributed by atoms with Gasteiger partial charge in [-0.15, -0.1) is 5.10 Å². The molecule has 2 heterocycles.